The van der Waals surface area contributed by atoms with Gasteiger partial charge in [-0.2, -0.15) is 18.2 Å². The normalized spacial score (nSPS) is 30.4. The lowest BCUT2D eigenvalue weighted by molar-refractivity contribution is -0.141. The second kappa shape index (κ2) is 6.53. The maximum absolute atomic E-state index is 13.3. The molecule has 4 rings (SSSR count). The largest absolute Gasteiger partial charge is 0.481 e. The van der Waals surface area contributed by atoms with Gasteiger partial charge < -0.3 is 14.9 Å². The van der Waals surface area contributed by atoms with E-state index in [0.717, 1.165) is 25.3 Å². The van der Waals surface area contributed by atoms with Gasteiger partial charge in [0.05, 0.1) is 0 Å². The number of aromatic nitrogens is 2. The fourth-order valence-electron chi connectivity index (χ4n) is 4.70. The summed E-state index contributed by atoms with van der Waals surface area (Å²) in [6.07, 6.45) is -1.77. The van der Waals surface area contributed by atoms with Gasteiger partial charge in [-0.3, -0.25) is 4.79 Å². The van der Waals surface area contributed by atoms with E-state index in [1.165, 1.54) is 0 Å². The standard InChI is InChI=1S/C18H23F3N4O2/c1-10-2-3-25(10)17-22-14(18(19,20)21)7-15(23-17)24-8-12-4-11(6-16(26)27)5-13(12)9-24/h7,10-13H,2-6,8-9H2,1H3,(H,26,27). The quantitative estimate of drug-likeness (QED) is 0.861. The van der Waals surface area contributed by atoms with Crippen LogP contribution in [0, 0.1) is 17.8 Å². The van der Waals surface area contributed by atoms with Crippen LogP contribution in [0.15, 0.2) is 6.07 Å². The van der Waals surface area contributed by atoms with Crippen LogP contribution in [0.3, 0.4) is 0 Å². The average molecular weight is 384 g/mol. The van der Waals surface area contributed by atoms with E-state index in [9.17, 15) is 18.0 Å². The van der Waals surface area contributed by atoms with Gasteiger partial charge >= 0.3 is 12.1 Å². The van der Waals surface area contributed by atoms with Crippen molar-refractivity contribution < 1.29 is 23.1 Å². The minimum absolute atomic E-state index is 0.149. The lowest BCUT2D eigenvalue weighted by atomic mass is 10.0. The lowest BCUT2D eigenvalue weighted by Crippen LogP contribution is -2.47. The highest BCUT2D eigenvalue weighted by Gasteiger charge is 2.43. The summed E-state index contributed by atoms with van der Waals surface area (Å²) in [6.45, 7) is 3.88. The SMILES string of the molecule is CC1CCN1c1nc(N2CC3CC(CC(=O)O)CC3C2)cc(C(F)(F)F)n1. The molecular weight excluding hydrogens is 361 g/mol. The van der Waals surface area contributed by atoms with Crippen molar-refractivity contribution in [2.75, 3.05) is 29.4 Å². The number of hydrogen-bond donors (Lipinski definition) is 1. The Labute approximate surface area is 155 Å². The Hall–Kier alpha value is -2.06. The van der Waals surface area contributed by atoms with Crippen LogP contribution in [0.4, 0.5) is 24.9 Å². The molecule has 2 saturated heterocycles. The number of fused-ring (bicyclic) bond motifs is 1. The van der Waals surface area contributed by atoms with Gasteiger partial charge in [0.2, 0.25) is 5.95 Å². The van der Waals surface area contributed by atoms with Gasteiger partial charge in [0.15, 0.2) is 5.69 Å². The molecule has 3 unspecified atom stereocenters. The first-order valence-corrected chi connectivity index (χ1v) is 9.40. The van der Waals surface area contributed by atoms with Crippen molar-refractivity contribution >= 4 is 17.7 Å². The van der Waals surface area contributed by atoms with E-state index >= 15 is 0 Å². The van der Waals surface area contributed by atoms with Crippen molar-refractivity contribution in [1.82, 2.24) is 9.97 Å². The molecule has 1 N–H and O–H groups in total. The van der Waals surface area contributed by atoms with Crippen molar-refractivity contribution in [2.24, 2.45) is 17.8 Å². The van der Waals surface area contributed by atoms with Crippen LogP contribution in [-0.2, 0) is 11.0 Å². The fourth-order valence-corrected chi connectivity index (χ4v) is 4.70. The second-order valence-electron chi connectivity index (χ2n) is 8.10. The van der Waals surface area contributed by atoms with E-state index in [1.54, 1.807) is 4.90 Å². The molecule has 148 valence electrons. The van der Waals surface area contributed by atoms with Crippen LogP contribution in [0.1, 0.15) is 38.3 Å². The molecule has 27 heavy (non-hydrogen) atoms. The number of anilines is 2. The zero-order valence-electron chi connectivity index (χ0n) is 15.1. The molecule has 1 aromatic rings. The Morgan fingerprint density at radius 1 is 1.26 bits per heavy atom. The van der Waals surface area contributed by atoms with Gasteiger partial charge in [0.1, 0.15) is 5.82 Å². The highest BCUT2D eigenvalue weighted by atomic mass is 19.4. The van der Waals surface area contributed by atoms with E-state index in [0.29, 0.717) is 37.3 Å². The van der Waals surface area contributed by atoms with Crippen molar-refractivity contribution in [3.63, 3.8) is 0 Å². The predicted octanol–water partition coefficient (Wildman–Crippen LogP) is 3.03. The monoisotopic (exact) mass is 384 g/mol. The molecule has 9 heteroatoms. The van der Waals surface area contributed by atoms with Crippen LogP contribution < -0.4 is 9.80 Å². The third-order valence-corrected chi connectivity index (χ3v) is 6.20. The molecule has 1 aliphatic carbocycles. The molecule has 0 spiro atoms. The number of alkyl halides is 3. The van der Waals surface area contributed by atoms with Crippen molar-refractivity contribution in [2.45, 2.75) is 44.8 Å². The lowest BCUT2D eigenvalue weighted by Gasteiger charge is -2.39. The first-order valence-electron chi connectivity index (χ1n) is 9.40. The molecule has 3 aliphatic rings. The summed E-state index contributed by atoms with van der Waals surface area (Å²) in [6, 6.07) is 1.19. The summed E-state index contributed by atoms with van der Waals surface area (Å²) in [5.41, 5.74) is -0.901. The third kappa shape index (κ3) is 3.55. The molecule has 0 aromatic carbocycles. The number of carboxylic acids is 1. The highest BCUT2D eigenvalue weighted by Crippen LogP contribution is 2.44. The topological polar surface area (TPSA) is 69.6 Å². The molecular formula is C18H23F3N4O2. The van der Waals surface area contributed by atoms with E-state index in [4.69, 9.17) is 5.11 Å². The summed E-state index contributed by atoms with van der Waals surface area (Å²) in [5.74, 6) is 0.522. The second-order valence-corrected chi connectivity index (χ2v) is 8.10. The highest BCUT2D eigenvalue weighted by molar-refractivity contribution is 5.67. The third-order valence-electron chi connectivity index (χ3n) is 6.20. The van der Waals surface area contributed by atoms with E-state index < -0.39 is 17.8 Å². The smallest absolute Gasteiger partial charge is 0.433 e. The molecule has 3 atom stereocenters. The van der Waals surface area contributed by atoms with Crippen molar-refractivity contribution in [1.29, 1.82) is 0 Å². The van der Waals surface area contributed by atoms with Gasteiger partial charge in [-0.25, -0.2) is 4.98 Å². The minimum Gasteiger partial charge on any atom is -0.481 e. The first-order chi connectivity index (χ1) is 12.7. The van der Waals surface area contributed by atoms with Crippen LogP contribution in [0.25, 0.3) is 0 Å². The van der Waals surface area contributed by atoms with E-state index in [2.05, 4.69) is 9.97 Å². The zero-order valence-corrected chi connectivity index (χ0v) is 15.1. The van der Waals surface area contributed by atoms with Crippen molar-refractivity contribution in [3.05, 3.63) is 11.8 Å². The number of nitrogens with zero attached hydrogens (tertiary/aromatic N) is 4. The summed E-state index contributed by atoms with van der Waals surface area (Å²) in [7, 11) is 0. The molecule has 6 nitrogen and oxygen atoms in total. The number of rotatable bonds is 4. The van der Waals surface area contributed by atoms with Crippen LogP contribution >= 0.6 is 0 Å². The molecule has 0 bridgehead atoms. The number of carboxylic acid groups (broad SMARTS) is 1. The summed E-state index contributed by atoms with van der Waals surface area (Å²) in [5, 5.41) is 8.97. The molecule has 0 radical (unpaired) electrons. The van der Waals surface area contributed by atoms with Gasteiger partial charge in [0.25, 0.3) is 0 Å². The number of carbonyl (C=O) groups is 1. The molecule has 1 aromatic heterocycles. The summed E-state index contributed by atoms with van der Waals surface area (Å²) >= 11 is 0. The Balaban J connectivity index is 1.54. The number of halogens is 3. The predicted molar refractivity (Wildman–Crippen MR) is 92.6 cm³/mol. The van der Waals surface area contributed by atoms with Gasteiger partial charge in [-0.15, -0.1) is 0 Å². The Morgan fingerprint density at radius 2 is 1.93 bits per heavy atom. The van der Waals surface area contributed by atoms with Crippen LogP contribution in [-0.4, -0.2) is 46.7 Å². The Morgan fingerprint density at radius 3 is 2.41 bits per heavy atom. The van der Waals surface area contributed by atoms with E-state index in [-0.39, 0.29) is 24.3 Å². The summed E-state index contributed by atoms with van der Waals surface area (Å²) < 4.78 is 40.0. The maximum atomic E-state index is 13.3. The first kappa shape index (κ1) is 18.3. The van der Waals surface area contributed by atoms with Crippen LogP contribution in [0.5, 0.6) is 0 Å². The molecule has 0 amide bonds. The van der Waals surface area contributed by atoms with Gasteiger partial charge in [0, 0.05) is 38.2 Å². The average Bonchev–Trinajstić information content (AvgIpc) is 3.10. The molecule has 1 saturated carbocycles. The zero-order chi connectivity index (χ0) is 19.3. The van der Waals surface area contributed by atoms with E-state index in [1.807, 2.05) is 11.8 Å². The molecule has 3 fully saturated rings. The molecule has 3 heterocycles. The fraction of sp³-hybridized carbons (Fsp3) is 0.722. The Kier molecular flexibility index (Phi) is 4.43. The van der Waals surface area contributed by atoms with Crippen LogP contribution in [0.2, 0.25) is 0 Å². The number of aliphatic carboxylic acids is 1. The Bertz CT molecular complexity index is 728. The summed E-state index contributed by atoms with van der Waals surface area (Å²) in [4.78, 5) is 22.8. The van der Waals surface area contributed by atoms with Crippen molar-refractivity contribution in [3.8, 4) is 0 Å². The minimum atomic E-state index is -4.51. The maximum Gasteiger partial charge on any atom is 0.433 e. The van der Waals surface area contributed by atoms with Gasteiger partial charge in [-0.1, -0.05) is 0 Å². The molecule has 2 aliphatic heterocycles. The number of hydrogen-bond acceptors (Lipinski definition) is 5. The van der Waals surface area contributed by atoms with Gasteiger partial charge in [-0.05, 0) is 43.9 Å².